The predicted octanol–water partition coefficient (Wildman–Crippen LogP) is 2.45. The van der Waals surface area contributed by atoms with Crippen LogP contribution in [0.25, 0.3) is 0 Å². The molecule has 0 saturated carbocycles. The summed E-state index contributed by atoms with van der Waals surface area (Å²) in [7, 11) is 1.67. The second-order valence-electron chi connectivity index (χ2n) is 7.85. The molecule has 3 aliphatic heterocycles. The number of carbonyl (C=O) groups excluding carboxylic acids is 2. The second kappa shape index (κ2) is 7.32. The summed E-state index contributed by atoms with van der Waals surface area (Å²) in [6.45, 7) is 1.95. The number of fused-ring (bicyclic) bond motifs is 2. The van der Waals surface area contributed by atoms with E-state index in [-0.39, 0.29) is 5.91 Å². The van der Waals surface area contributed by atoms with Crippen molar-refractivity contribution in [2.45, 2.75) is 31.7 Å². The molecule has 5 rings (SSSR count). The zero-order chi connectivity index (χ0) is 20.8. The maximum Gasteiger partial charge on any atom is 0.325 e. The third-order valence-corrected chi connectivity index (χ3v) is 6.42. The highest BCUT2D eigenvalue weighted by Crippen LogP contribution is 2.30. The van der Waals surface area contributed by atoms with Crippen molar-refractivity contribution in [3.63, 3.8) is 0 Å². The number of nitrogens with one attached hydrogen (secondary N) is 1. The molecule has 3 heterocycles. The van der Waals surface area contributed by atoms with Crippen LogP contribution in [0.3, 0.4) is 0 Å². The molecule has 3 amide bonds. The van der Waals surface area contributed by atoms with E-state index in [1.807, 2.05) is 35.2 Å². The first kappa shape index (κ1) is 18.9. The molecule has 154 valence electrons. The Labute approximate surface area is 179 Å². The number of guanidine groups is 1. The molecule has 0 radical (unpaired) electrons. The molecule has 0 bridgehead atoms. The Balaban J connectivity index is 1.52. The highest BCUT2D eigenvalue weighted by Gasteiger charge is 2.49. The lowest BCUT2D eigenvalue weighted by Crippen LogP contribution is -2.64. The fraction of sp³-hybridized carbons (Fsp3) is 0.318. The summed E-state index contributed by atoms with van der Waals surface area (Å²) in [6.07, 6.45) is 0.353. The molecule has 2 aromatic rings. The number of rotatable bonds is 2. The maximum absolute atomic E-state index is 12.8. The van der Waals surface area contributed by atoms with E-state index in [1.165, 1.54) is 16.0 Å². The minimum atomic E-state index is -0.587. The van der Waals surface area contributed by atoms with Gasteiger partial charge in [0.2, 0.25) is 0 Å². The van der Waals surface area contributed by atoms with Gasteiger partial charge in [0.15, 0.2) is 18.2 Å². The molecule has 2 unspecified atom stereocenters. The van der Waals surface area contributed by atoms with Crippen LogP contribution < -0.4 is 5.32 Å². The third kappa shape index (κ3) is 3.10. The van der Waals surface area contributed by atoms with Gasteiger partial charge in [-0.2, -0.15) is 0 Å². The fourth-order valence-corrected chi connectivity index (χ4v) is 4.62. The number of likely N-dealkylation sites (N-methyl/N-ethyl adjacent to an activating group) is 1. The Morgan fingerprint density at radius 2 is 1.83 bits per heavy atom. The average molecular weight is 424 g/mol. The monoisotopic (exact) mass is 423 g/mol. The molecule has 0 aliphatic carbocycles. The topological polar surface area (TPSA) is 68.2 Å². The highest BCUT2D eigenvalue weighted by atomic mass is 35.5. The molecular formula is C22H22ClN5O2. The number of halogens is 1. The molecule has 30 heavy (non-hydrogen) atoms. The maximum atomic E-state index is 12.8. The summed E-state index contributed by atoms with van der Waals surface area (Å²) >= 11 is 6.42. The summed E-state index contributed by atoms with van der Waals surface area (Å²) in [5, 5.41) is 3.09. The molecule has 2 atom stereocenters. The Bertz CT molecular complexity index is 1060. The quantitative estimate of drug-likeness (QED) is 0.805. The lowest BCUT2D eigenvalue weighted by atomic mass is 10.00. The number of carbonyl (C=O) groups is 2. The van der Waals surface area contributed by atoms with Gasteiger partial charge in [0.05, 0.1) is 0 Å². The minimum Gasteiger partial charge on any atom is -0.338 e. The molecule has 3 aliphatic rings. The zero-order valence-electron chi connectivity index (χ0n) is 16.6. The van der Waals surface area contributed by atoms with Crippen LogP contribution in [0.15, 0.2) is 53.5 Å². The van der Waals surface area contributed by atoms with Crippen LogP contribution in [0, 0.1) is 0 Å². The summed E-state index contributed by atoms with van der Waals surface area (Å²) in [6, 6.07) is 15.0. The van der Waals surface area contributed by atoms with E-state index in [0.29, 0.717) is 18.1 Å². The summed E-state index contributed by atoms with van der Waals surface area (Å²) < 4.78 is 0. The van der Waals surface area contributed by atoms with Crippen LogP contribution in [-0.4, -0.2) is 58.4 Å². The lowest BCUT2D eigenvalue weighted by molar-refractivity contribution is -0.127. The van der Waals surface area contributed by atoms with Gasteiger partial charge in [-0.05, 0) is 29.2 Å². The van der Waals surface area contributed by atoms with Crippen molar-refractivity contribution in [1.82, 2.24) is 20.0 Å². The number of aliphatic imine (C=N–C) groups is 1. The molecule has 0 aromatic heterocycles. The molecular weight excluding hydrogens is 402 g/mol. The SMILES string of the molecule is CN1C(=O)NC(=O)C2C1N=C(N1CCc3ccccc3C1)N2Cc1ccccc1Cl. The van der Waals surface area contributed by atoms with Crippen LogP contribution >= 0.6 is 11.6 Å². The Morgan fingerprint density at radius 1 is 1.10 bits per heavy atom. The van der Waals surface area contributed by atoms with Crippen LogP contribution in [0.5, 0.6) is 0 Å². The van der Waals surface area contributed by atoms with E-state index in [1.54, 1.807) is 7.05 Å². The van der Waals surface area contributed by atoms with Gasteiger partial charge in [0.1, 0.15) is 0 Å². The largest absolute Gasteiger partial charge is 0.338 e. The Kier molecular flexibility index (Phi) is 4.62. The first-order chi connectivity index (χ1) is 14.5. The van der Waals surface area contributed by atoms with Gasteiger partial charge < -0.3 is 14.7 Å². The average Bonchev–Trinajstić information content (AvgIpc) is 3.13. The van der Waals surface area contributed by atoms with Crippen molar-refractivity contribution in [3.05, 3.63) is 70.2 Å². The fourth-order valence-electron chi connectivity index (χ4n) is 4.42. The molecule has 8 heteroatoms. The minimum absolute atomic E-state index is 0.327. The van der Waals surface area contributed by atoms with Crippen LogP contribution in [0.2, 0.25) is 5.02 Å². The standard InChI is InChI=1S/C22H22ClN5O2/c1-26-19-18(20(29)25-22(26)30)28(13-16-8-4-5-9-17(16)23)21(24-19)27-11-10-14-6-2-3-7-15(14)12-27/h2-9,18-19H,10-13H2,1H3,(H,25,29,30). The highest BCUT2D eigenvalue weighted by molar-refractivity contribution is 6.31. The van der Waals surface area contributed by atoms with Crippen molar-refractivity contribution in [3.8, 4) is 0 Å². The van der Waals surface area contributed by atoms with Crippen LogP contribution in [0.1, 0.15) is 16.7 Å². The van der Waals surface area contributed by atoms with Crippen LogP contribution in [0.4, 0.5) is 4.79 Å². The molecule has 1 N–H and O–H groups in total. The van der Waals surface area contributed by atoms with Gasteiger partial charge in [-0.1, -0.05) is 54.1 Å². The number of urea groups is 1. The van der Waals surface area contributed by atoms with E-state index in [9.17, 15) is 9.59 Å². The van der Waals surface area contributed by atoms with Crippen molar-refractivity contribution in [2.24, 2.45) is 4.99 Å². The van der Waals surface area contributed by atoms with E-state index >= 15 is 0 Å². The van der Waals surface area contributed by atoms with Crippen molar-refractivity contribution < 1.29 is 9.59 Å². The van der Waals surface area contributed by atoms with Crippen LogP contribution in [-0.2, 0) is 24.3 Å². The van der Waals surface area contributed by atoms with Gasteiger partial charge in [0.25, 0.3) is 5.91 Å². The zero-order valence-corrected chi connectivity index (χ0v) is 17.3. The Morgan fingerprint density at radius 3 is 2.63 bits per heavy atom. The van der Waals surface area contributed by atoms with Gasteiger partial charge in [0, 0.05) is 31.7 Å². The number of nitrogens with zero attached hydrogens (tertiary/aromatic N) is 4. The van der Waals surface area contributed by atoms with E-state index < -0.39 is 18.2 Å². The number of hydrogen-bond donors (Lipinski definition) is 1. The van der Waals surface area contributed by atoms with Gasteiger partial charge in [-0.15, -0.1) is 0 Å². The Hall–Kier alpha value is -3.06. The molecule has 1 fully saturated rings. The summed E-state index contributed by atoms with van der Waals surface area (Å²) in [5.74, 6) is 0.405. The molecule has 7 nitrogen and oxygen atoms in total. The number of hydrogen-bond acceptors (Lipinski definition) is 5. The normalized spacial score (nSPS) is 23.1. The first-order valence-corrected chi connectivity index (χ1v) is 10.4. The molecule has 1 saturated heterocycles. The number of amides is 3. The van der Waals surface area contributed by atoms with Gasteiger partial charge in [-0.3, -0.25) is 10.1 Å². The smallest absolute Gasteiger partial charge is 0.325 e. The van der Waals surface area contributed by atoms with Gasteiger partial charge >= 0.3 is 6.03 Å². The van der Waals surface area contributed by atoms with E-state index in [0.717, 1.165) is 24.5 Å². The number of imide groups is 1. The first-order valence-electron chi connectivity index (χ1n) is 10.00. The lowest BCUT2D eigenvalue weighted by Gasteiger charge is -2.39. The van der Waals surface area contributed by atoms with Crippen molar-refractivity contribution >= 4 is 29.5 Å². The third-order valence-electron chi connectivity index (χ3n) is 6.05. The summed E-state index contributed by atoms with van der Waals surface area (Å²) in [5.41, 5.74) is 3.51. The molecule has 0 spiro atoms. The second-order valence-corrected chi connectivity index (χ2v) is 8.26. The van der Waals surface area contributed by atoms with Crippen molar-refractivity contribution in [1.29, 1.82) is 0 Å². The molecule has 2 aromatic carbocycles. The predicted molar refractivity (Wildman–Crippen MR) is 114 cm³/mol. The van der Waals surface area contributed by atoms with E-state index in [4.69, 9.17) is 16.6 Å². The van der Waals surface area contributed by atoms with Gasteiger partial charge in [-0.25, -0.2) is 9.79 Å². The summed E-state index contributed by atoms with van der Waals surface area (Å²) in [4.78, 5) is 35.5. The van der Waals surface area contributed by atoms with Crippen molar-refractivity contribution in [2.75, 3.05) is 13.6 Å². The number of benzene rings is 2. The van der Waals surface area contributed by atoms with E-state index in [2.05, 4.69) is 28.4 Å².